The van der Waals surface area contributed by atoms with Gasteiger partial charge in [-0.3, -0.25) is 4.79 Å². The maximum absolute atomic E-state index is 13.1. The van der Waals surface area contributed by atoms with E-state index in [0.717, 1.165) is 24.0 Å². The minimum absolute atomic E-state index is 0.0573. The first-order chi connectivity index (χ1) is 8.61. The van der Waals surface area contributed by atoms with Crippen molar-refractivity contribution in [2.75, 3.05) is 0 Å². The Morgan fingerprint density at radius 2 is 2.33 bits per heavy atom. The van der Waals surface area contributed by atoms with Crippen LogP contribution in [0.3, 0.4) is 0 Å². The summed E-state index contributed by atoms with van der Waals surface area (Å²) in [5, 5.41) is 12.8. The van der Waals surface area contributed by atoms with Gasteiger partial charge in [0, 0.05) is 12.8 Å². The number of halogens is 1. The molecule has 0 bridgehead atoms. The number of aliphatic hydroxyl groups excluding tert-OH is 1. The van der Waals surface area contributed by atoms with Crippen molar-refractivity contribution in [3.05, 3.63) is 35.1 Å². The van der Waals surface area contributed by atoms with Crippen LogP contribution in [0.15, 0.2) is 18.2 Å². The third-order valence-corrected chi connectivity index (χ3v) is 3.33. The molecule has 0 fully saturated rings. The monoisotopic (exact) mass is 251 g/mol. The molecular weight excluding hydrogens is 233 g/mol. The SMILES string of the molecule is CCCCC(=O)NC1c2ccc(F)cc2CC1O. The molecule has 0 heterocycles. The molecule has 2 N–H and O–H groups in total. The van der Waals surface area contributed by atoms with Crippen molar-refractivity contribution in [1.29, 1.82) is 0 Å². The summed E-state index contributed by atoms with van der Waals surface area (Å²) in [6, 6.07) is 4.04. The third kappa shape index (κ3) is 2.70. The van der Waals surface area contributed by atoms with E-state index in [2.05, 4.69) is 5.32 Å². The molecule has 0 radical (unpaired) electrons. The van der Waals surface area contributed by atoms with Crippen molar-refractivity contribution < 1.29 is 14.3 Å². The Kier molecular flexibility index (Phi) is 3.97. The molecule has 0 saturated carbocycles. The van der Waals surface area contributed by atoms with Crippen LogP contribution in [0.4, 0.5) is 4.39 Å². The van der Waals surface area contributed by atoms with E-state index in [1.54, 1.807) is 6.07 Å². The minimum atomic E-state index is -0.660. The molecule has 2 atom stereocenters. The number of rotatable bonds is 4. The molecule has 4 heteroatoms. The highest BCUT2D eigenvalue weighted by atomic mass is 19.1. The number of carbonyl (C=O) groups is 1. The number of hydrogen-bond donors (Lipinski definition) is 2. The molecule has 98 valence electrons. The topological polar surface area (TPSA) is 49.3 Å². The van der Waals surface area contributed by atoms with Crippen molar-refractivity contribution in [1.82, 2.24) is 5.32 Å². The van der Waals surface area contributed by atoms with Gasteiger partial charge in [-0.15, -0.1) is 0 Å². The number of nitrogens with one attached hydrogen (secondary N) is 1. The molecule has 0 aliphatic heterocycles. The molecule has 3 nitrogen and oxygen atoms in total. The lowest BCUT2D eigenvalue weighted by atomic mass is 10.1. The number of amides is 1. The Balaban J connectivity index is 2.08. The second-order valence-electron chi connectivity index (χ2n) is 4.76. The van der Waals surface area contributed by atoms with Crippen LogP contribution in [0.5, 0.6) is 0 Å². The molecular formula is C14H18FNO2. The van der Waals surface area contributed by atoms with E-state index >= 15 is 0 Å². The normalized spacial score (nSPS) is 21.7. The molecule has 0 aromatic heterocycles. The summed E-state index contributed by atoms with van der Waals surface area (Å²) in [4.78, 5) is 11.7. The Labute approximate surface area is 106 Å². The average Bonchev–Trinajstić information content (AvgIpc) is 2.62. The van der Waals surface area contributed by atoms with Crippen molar-refractivity contribution >= 4 is 5.91 Å². The number of unbranched alkanes of at least 4 members (excludes halogenated alkanes) is 1. The van der Waals surface area contributed by atoms with Gasteiger partial charge in [-0.05, 0) is 29.7 Å². The predicted octanol–water partition coefficient (Wildman–Crippen LogP) is 2.09. The molecule has 1 aliphatic rings. The van der Waals surface area contributed by atoms with E-state index in [9.17, 15) is 14.3 Å². The van der Waals surface area contributed by atoms with Gasteiger partial charge in [0.1, 0.15) is 5.82 Å². The molecule has 1 aromatic rings. The summed E-state index contributed by atoms with van der Waals surface area (Å²) in [5.74, 6) is -0.364. The van der Waals surface area contributed by atoms with E-state index in [4.69, 9.17) is 0 Å². The van der Waals surface area contributed by atoms with Crippen LogP contribution in [-0.4, -0.2) is 17.1 Å². The quantitative estimate of drug-likeness (QED) is 0.861. The number of benzene rings is 1. The summed E-state index contributed by atoms with van der Waals surface area (Å²) in [6.45, 7) is 2.02. The second-order valence-corrected chi connectivity index (χ2v) is 4.76. The van der Waals surface area contributed by atoms with Crippen LogP contribution in [0.2, 0.25) is 0 Å². The third-order valence-electron chi connectivity index (χ3n) is 3.33. The molecule has 1 amide bonds. The number of aliphatic hydroxyl groups is 1. The molecule has 1 aliphatic carbocycles. The van der Waals surface area contributed by atoms with Crippen molar-refractivity contribution in [2.24, 2.45) is 0 Å². The maximum atomic E-state index is 13.1. The Bertz CT molecular complexity index is 447. The van der Waals surface area contributed by atoms with Crippen molar-refractivity contribution in [2.45, 2.75) is 44.8 Å². The summed E-state index contributed by atoms with van der Waals surface area (Å²) >= 11 is 0. The minimum Gasteiger partial charge on any atom is -0.390 e. The zero-order chi connectivity index (χ0) is 13.1. The van der Waals surface area contributed by atoms with Gasteiger partial charge in [-0.2, -0.15) is 0 Å². The van der Waals surface area contributed by atoms with Crippen LogP contribution < -0.4 is 5.32 Å². The fourth-order valence-electron chi connectivity index (χ4n) is 2.36. The lowest BCUT2D eigenvalue weighted by Crippen LogP contribution is -2.33. The maximum Gasteiger partial charge on any atom is 0.220 e. The molecule has 0 saturated heterocycles. The summed E-state index contributed by atoms with van der Waals surface area (Å²) < 4.78 is 13.1. The molecule has 18 heavy (non-hydrogen) atoms. The molecule has 2 unspecified atom stereocenters. The van der Waals surface area contributed by atoms with Gasteiger partial charge in [0.05, 0.1) is 12.1 Å². The highest BCUT2D eigenvalue weighted by molar-refractivity contribution is 5.76. The lowest BCUT2D eigenvalue weighted by molar-refractivity contribution is -0.122. The molecule has 2 rings (SSSR count). The van der Waals surface area contributed by atoms with Crippen LogP contribution >= 0.6 is 0 Å². The molecule has 0 spiro atoms. The zero-order valence-corrected chi connectivity index (χ0v) is 10.4. The Hall–Kier alpha value is -1.42. The second kappa shape index (κ2) is 5.48. The molecule has 1 aromatic carbocycles. The highest BCUT2D eigenvalue weighted by Gasteiger charge is 2.32. The average molecular weight is 251 g/mol. The Morgan fingerprint density at radius 1 is 1.56 bits per heavy atom. The fourth-order valence-corrected chi connectivity index (χ4v) is 2.36. The van der Waals surface area contributed by atoms with Gasteiger partial charge >= 0.3 is 0 Å². The first-order valence-electron chi connectivity index (χ1n) is 6.37. The lowest BCUT2D eigenvalue weighted by Gasteiger charge is -2.17. The van der Waals surface area contributed by atoms with E-state index in [-0.39, 0.29) is 11.7 Å². The standard InChI is InChI=1S/C14H18FNO2/c1-2-3-4-13(18)16-14-11-6-5-10(15)7-9(11)8-12(14)17/h5-7,12,14,17H,2-4,8H2,1H3,(H,16,18). The smallest absolute Gasteiger partial charge is 0.220 e. The van der Waals surface area contributed by atoms with E-state index in [1.165, 1.54) is 12.1 Å². The highest BCUT2D eigenvalue weighted by Crippen LogP contribution is 2.32. The summed E-state index contributed by atoms with van der Waals surface area (Å²) in [7, 11) is 0. The van der Waals surface area contributed by atoms with Crippen molar-refractivity contribution in [3.63, 3.8) is 0 Å². The summed E-state index contributed by atoms with van der Waals surface area (Å²) in [6.07, 6.45) is 2.00. The van der Waals surface area contributed by atoms with E-state index < -0.39 is 12.1 Å². The largest absolute Gasteiger partial charge is 0.390 e. The van der Waals surface area contributed by atoms with E-state index in [0.29, 0.717) is 12.8 Å². The van der Waals surface area contributed by atoms with Gasteiger partial charge in [-0.25, -0.2) is 4.39 Å². The van der Waals surface area contributed by atoms with E-state index in [1.807, 2.05) is 6.92 Å². The van der Waals surface area contributed by atoms with Crippen LogP contribution in [0.1, 0.15) is 43.4 Å². The predicted molar refractivity (Wildman–Crippen MR) is 66.5 cm³/mol. The van der Waals surface area contributed by atoms with Crippen LogP contribution in [-0.2, 0) is 11.2 Å². The summed E-state index contributed by atoms with van der Waals surface area (Å²) in [5.41, 5.74) is 1.61. The number of fused-ring (bicyclic) bond motifs is 1. The van der Waals surface area contributed by atoms with Gasteiger partial charge in [0.15, 0.2) is 0 Å². The van der Waals surface area contributed by atoms with Crippen LogP contribution in [0, 0.1) is 5.82 Å². The van der Waals surface area contributed by atoms with Crippen molar-refractivity contribution in [3.8, 4) is 0 Å². The zero-order valence-electron chi connectivity index (χ0n) is 10.4. The first kappa shape index (κ1) is 13.0. The van der Waals surface area contributed by atoms with Crippen LogP contribution in [0.25, 0.3) is 0 Å². The first-order valence-corrected chi connectivity index (χ1v) is 6.37. The number of hydrogen-bond acceptors (Lipinski definition) is 2. The van der Waals surface area contributed by atoms with Gasteiger partial charge in [-0.1, -0.05) is 19.4 Å². The van der Waals surface area contributed by atoms with Gasteiger partial charge < -0.3 is 10.4 Å². The van der Waals surface area contributed by atoms with Gasteiger partial charge in [0.2, 0.25) is 5.91 Å². The van der Waals surface area contributed by atoms with Gasteiger partial charge in [0.25, 0.3) is 0 Å². The number of carbonyl (C=O) groups excluding carboxylic acids is 1. The fraction of sp³-hybridized carbons (Fsp3) is 0.500. The Morgan fingerprint density at radius 3 is 3.06 bits per heavy atom.